The average Bonchev–Trinajstić information content (AvgIpc) is 2.62. The molecule has 1 aliphatic carbocycles. The Hall–Kier alpha value is -1.01. The summed E-state index contributed by atoms with van der Waals surface area (Å²) in [6, 6.07) is 0. The largest absolute Gasteiger partial charge is 0.471 e. The molecule has 1 saturated carbocycles. The predicted molar refractivity (Wildman–Crippen MR) is 60.9 cm³/mol. The molecule has 1 heterocycles. The molecule has 0 aromatic carbocycles. The number of aromatic nitrogens is 2. The van der Waals surface area contributed by atoms with Gasteiger partial charge in [-0.05, 0) is 30.9 Å². The summed E-state index contributed by atoms with van der Waals surface area (Å²) in [6.45, 7) is 0.734. The minimum absolute atomic E-state index is 0.162. The summed E-state index contributed by atoms with van der Waals surface area (Å²) >= 11 is 5.58. The summed E-state index contributed by atoms with van der Waals surface area (Å²) in [5.41, 5.74) is -0.425. The molecule has 1 aromatic rings. The van der Waals surface area contributed by atoms with E-state index in [2.05, 4.69) is 9.97 Å². The molecule has 1 N–H and O–H groups in total. The van der Waals surface area contributed by atoms with Crippen LogP contribution in [0.15, 0.2) is 6.20 Å². The molecule has 4 nitrogen and oxygen atoms in total. The Morgan fingerprint density at radius 3 is 2.78 bits per heavy atom. The van der Waals surface area contributed by atoms with E-state index in [1.165, 1.54) is 0 Å². The van der Waals surface area contributed by atoms with Gasteiger partial charge in [0, 0.05) is 13.1 Å². The number of halogens is 3. The van der Waals surface area contributed by atoms with Gasteiger partial charge in [0.1, 0.15) is 11.7 Å². The molecule has 0 bridgehead atoms. The molecular weight excluding hydrogens is 266 g/mol. The number of hydrogen-bond acceptors (Lipinski definition) is 4. The molecule has 2 unspecified atom stereocenters. The van der Waals surface area contributed by atoms with Gasteiger partial charge in [-0.1, -0.05) is 0 Å². The van der Waals surface area contributed by atoms with Crippen LogP contribution in [0.5, 0.6) is 5.88 Å². The van der Waals surface area contributed by atoms with Crippen LogP contribution in [-0.4, -0.2) is 27.3 Å². The zero-order chi connectivity index (χ0) is 13.3. The molecule has 2 atom stereocenters. The van der Waals surface area contributed by atoms with Crippen LogP contribution in [0.4, 0.5) is 8.78 Å². The van der Waals surface area contributed by atoms with Crippen LogP contribution in [0.2, 0.25) is 5.28 Å². The first kappa shape index (κ1) is 13.4. The van der Waals surface area contributed by atoms with E-state index in [0.29, 0.717) is 12.8 Å². The van der Waals surface area contributed by atoms with E-state index < -0.39 is 23.7 Å². The van der Waals surface area contributed by atoms with Crippen molar-refractivity contribution < 1.29 is 18.6 Å². The van der Waals surface area contributed by atoms with Crippen molar-refractivity contribution >= 4 is 11.6 Å². The zero-order valence-electron chi connectivity index (χ0n) is 9.74. The summed E-state index contributed by atoms with van der Waals surface area (Å²) in [6.07, 6.45) is 1.78. The highest BCUT2D eigenvalue weighted by Gasteiger charge is 2.34. The maximum Gasteiger partial charge on any atom is 0.277 e. The van der Waals surface area contributed by atoms with E-state index in [-0.39, 0.29) is 11.2 Å². The molecule has 100 valence electrons. The highest BCUT2D eigenvalue weighted by Crippen LogP contribution is 2.35. The van der Waals surface area contributed by atoms with Crippen LogP contribution in [0.25, 0.3) is 0 Å². The lowest BCUT2D eigenvalue weighted by molar-refractivity contribution is 0.00627. The van der Waals surface area contributed by atoms with Crippen molar-refractivity contribution in [3.8, 4) is 5.88 Å². The van der Waals surface area contributed by atoms with E-state index in [9.17, 15) is 13.9 Å². The fraction of sp³-hybridized carbons (Fsp3) is 0.636. The second-order valence-electron chi connectivity index (χ2n) is 4.40. The fourth-order valence-electron chi connectivity index (χ4n) is 1.92. The number of alkyl halides is 2. The van der Waals surface area contributed by atoms with E-state index in [1.54, 1.807) is 0 Å². The van der Waals surface area contributed by atoms with Crippen LogP contribution < -0.4 is 4.74 Å². The molecule has 1 aliphatic rings. The molecule has 1 fully saturated rings. The summed E-state index contributed by atoms with van der Waals surface area (Å²) in [5.74, 6) is -3.38. The molecule has 0 aliphatic heterocycles. The number of aliphatic hydroxyl groups excluding tert-OH is 1. The lowest BCUT2D eigenvalue weighted by Gasteiger charge is -2.20. The monoisotopic (exact) mass is 278 g/mol. The number of hydrogen-bond donors (Lipinski definition) is 1. The normalized spacial score (nSPS) is 24.3. The van der Waals surface area contributed by atoms with Gasteiger partial charge >= 0.3 is 0 Å². The Kier molecular flexibility index (Phi) is 3.68. The SMILES string of the molecule is CC(F)(F)c1cnc(Cl)nc1OC1CCCC1O. The van der Waals surface area contributed by atoms with Crippen molar-refractivity contribution in [3.05, 3.63) is 17.0 Å². The molecule has 0 radical (unpaired) electrons. The van der Waals surface area contributed by atoms with Gasteiger partial charge in [0.05, 0.1) is 6.10 Å². The van der Waals surface area contributed by atoms with E-state index in [4.69, 9.17) is 16.3 Å². The number of ether oxygens (including phenoxy) is 1. The molecule has 0 saturated heterocycles. The van der Waals surface area contributed by atoms with Gasteiger partial charge < -0.3 is 9.84 Å². The molecule has 1 aromatic heterocycles. The Labute approximate surface area is 108 Å². The molecule has 0 amide bonds. The van der Waals surface area contributed by atoms with Crippen molar-refractivity contribution in [2.75, 3.05) is 0 Å². The second kappa shape index (κ2) is 4.93. The average molecular weight is 279 g/mol. The minimum Gasteiger partial charge on any atom is -0.471 e. The second-order valence-corrected chi connectivity index (χ2v) is 4.74. The van der Waals surface area contributed by atoms with Crippen molar-refractivity contribution in [2.45, 2.75) is 44.3 Å². The molecular formula is C11H13ClF2N2O2. The summed E-state index contributed by atoms with van der Waals surface area (Å²) in [4.78, 5) is 7.21. The Morgan fingerprint density at radius 1 is 1.50 bits per heavy atom. The summed E-state index contributed by atoms with van der Waals surface area (Å²) < 4.78 is 32.1. The molecule has 0 spiro atoms. The number of nitrogens with zero attached hydrogens (tertiary/aromatic N) is 2. The predicted octanol–water partition coefficient (Wildman–Crippen LogP) is 2.53. The smallest absolute Gasteiger partial charge is 0.277 e. The highest BCUT2D eigenvalue weighted by atomic mass is 35.5. The van der Waals surface area contributed by atoms with Crippen LogP contribution >= 0.6 is 11.6 Å². The van der Waals surface area contributed by atoms with Gasteiger partial charge in [-0.25, -0.2) is 13.8 Å². The van der Waals surface area contributed by atoms with Crippen LogP contribution in [0.3, 0.4) is 0 Å². The first-order chi connectivity index (χ1) is 8.38. The van der Waals surface area contributed by atoms with Gasteiger partial charge in [0.15, 0.2) is 0 Å². The van der Waals surface area contributed by atoms with E-state index >= 15 is 0 Å². The summed E-state index contributed by atoms with van der Waals surface area (Å²) in [7, 11) is 0. The van der Waals surface area contributed by atoms with Gasteiger partial charge in [-0.2, -0.15) is 4.98 Å². The Balaban J connectivity index is 2.28. The van der Waals surface area contributed by atoms with Gasteiger partial charge in [0.2, 0.25) is 11.2 Å². The minimum atomic E-state index is -3.12. The standard InChI is InChI=1S/C11H13ClF2N2O2/c1-11(13,14)6-5-15-10(12)16-9(6)18-8-4-2-3-7(8)17/h5,7-8,17H,2-4H2,1H3. The molecule has 2 rings (SSSR count). The maximum absolute atomic E-state index is 13.4. The summed E-state index contributed by atoms with van der Waals surface area (Å²) in [5, 5.41) is 9.46. The quantitative estimate of drug-likeness (QED) is 0.863. The molecule has 7 heteroatoms. The lowest BCUT2D eigenvalue weighted by atomic mass is 10.2. The number of rotatable bonds is 3. The van der Waals surface area contributed by atoms with E-state index in [0.717, 1.165) is 19.5 Å². The van der Waals surface area contributed by atoms with Crippen LogP contribution in [0.1, 0.15) is 31.7 Å². The Morgan fingerprint density at radius 2 is 2.22 bits per heavy atom. The van der Waals surface area contributed by atoms with Gasteiger partial charge in [0.25, 0.3) is 5.92 Å². The number of aliphatic hydroxyl groups is 1. The van der Waals surface area contributed by atoms with Crippen molar-refractivity contribution in [3.63, 3.8) is 0 Å². The van der Waals surface area contributed by atoms with Gasteiger partial charge in [-0.15, -0.1) is 0 Å². The third-order valence-electron chi connectivity index (χ3n) is 2.88. The first-order valence-corrected chi connectivity index (χ1v) is 6.01. The van der Waals surface area contributed by atoms with Crippen molar-refractivity contribution in [1.29, 1.82) is 0 Å². The maximum atomic E-state index is 13.4. The van der Waals surface area contributed by atoms with Gasteiger partial charge in [-0.3, -0.25) is 0 Å². The third-order valence-corrected chi connectivity index (χ3v) is 3.06. The van der Waals surface area contributed by atoms with Crippen molar-refractivity contribution in [2.24, 2.45) is 0 Å². The highest BCUT2D eigenvalue weighted by molar-refractivity contribution is 6.28. The first-order valence-electron chi connectivity index (χ1n) is 5.63. The van der Waals surface area contributed by atoms with Crippen LogP contribution in [-0.2, 0) is 5.92 Å². The molecule has 18 heavy (non-hydrogen) atoms. The Bertz CT molecular complexity index is 440. The third kappa shape index (κ3) is 2.87. The fourth-order valence-corrected chi connectivity index (χ4v) is 2.05. The zero-order valence-corrected chi connectivity index (χ0v) is 10.5. The topological polar surface area (TPSA) is 55.2 Å². The lowest BCUT2D eigenvalue weighted by Crippen LogP contribution is -2.27. The van der Waals surface area contributed by atoms with Crippen molar-refractivity contribution in [1.82, 2.24) is 9.97 Å². The van der Waals surface area contributed by atoms with Crippen LogP contribution in [0, 0.1) is 0 Å². The van der Waals surface area contributed by atoms with E-state index in [1.807, 2.05) is 0 Å².